The van der Waals surface area contributed by atoms with Crippen molar-refractivity contribution in [1.82, 2.24) is 0 Å². The maximum Gasteiger partial charge on any atom is 0.160 e. The molecule has 1 aromatic rings. The summed E-state index contributed by atoms with van der Waals surface area (Å²) in [6.07, 6.45) is 0. The molecule has 0 aliphatic rings. The third-order valence-corrected chi connectivity index (χ3v) is 1.90. The smallest absolute Gasteiger partial charge is 0.160 e. The van der Waals surface area contributed by atoms with Crippen LogP contribution in [0.1, 0.15) is 26.3 Å². The molecule has 0 amide bonds. The fourth-order valence-corrected chi connectivity index (χ4v) is 1.21. The van der Waals surface area contributed by atoms with E-state index in [-0.39, 0.29) is 5.41 Å². The highest BCUT2D eigenvalue weighted by molar-refractivity contribution is 5.50. The fourth-order valence-electron chi connectivity index (χ4n) is 1.21. The summed E-state index contributed by atoms with van der Waals surface area (Å²) in [6.45, 7) is 5.70. The van der Waals surface area contributed by atoms with Crippen molar-refractivity contribution >= 4 is 5.69 Å². The van der Waals surface area contributed by atoms with E-state index in [1.807, 2.05) is 20.8 Å². The Morgan fingerprint density at radius 1 is 1.08 bits per heavy atom. The average molecular weight is 185 g/mol. The summed E-state index contributed by atoms with van der Waals surface area (Å²) in [5.41, 5.74) is 6.23. The molecule has 0 heterocycles. The van der Waals surface area contributed by atoms with E-state index in [2.05, 4.69) is 0 Å². The van der Waals surface area contributed by atoms with Crippen molar-refractivity contribution in [3.05, 3.63) is 29.3 Å². The van der Waals surface area contributed by atoms with Crippen LogP contribution in [0, 0.1) is 11.6 Å². The zero-order valence-corrected chi connectivity index (χ0v) is 7.99. The van der Waals surface area contributed by atoms with Gasteiger partial charge in [0.25, 0.3) is 0 Å². The summed E-state index contributed by atoms with van der Waals surface area (Å²) >= 11 is 0. The molecule has 1 aromatic carbocycles. The predicted octanol–water partition coefficient (Wildman–Crippen LogP) is 2.84. The van der Waals surface area contributed by atoms with E-state index in [1.165, 1.54) is 0 Å². The van der Waals surface area contributed by atoms with Crippen molar-refractivity contribution in [2.75, 3.05) is 5.73 Å². The standard InChI is InChI=1S/C10H13F2N/c1-10(2,3)6-4-7(11)8(12)5-9(6)13/h4-5H,13H2,1-3H3. The average Bonchev–Trinajstić information content (AvgIpc) is 1.94. The molecule has 0 atom stereocenters. The van der Waals surface area contributed by atoms with Gasteiger partial charge in [0.2, 0.25) is 0 Å². The SMILES string of the molecule is CC(C)(C)c1cc(F)c(F)cc1N. The van der Waals surface area contributed by atoms with Gasteiger partial charge in [0.1, 0.15) is 0 Å². The number of halogens is 2. The van der Waals surface area contributed by atoms with Gasteiger partial charge in [-0.2, -0.15) is 0 Å². The first kappa shape index (κ1) is 9.96. The minimum absolute atomic E-state index is 0.265. The minimum atomic E-state index is -0.898. The molecule has 0 fully saturated rings. The first-order chi connectivity index (χ1) is 5.82. The lowest BCUT2D eigenvalue weighted by molar-refractivity contribution is 0.500. The molecule has 2 N–H and O–H groups in total. The third-order valence-electron chi connectivity index (χ3n) is 1.90. The van der Waals surface area contributed by atoms with Crippen LogP contribution in [0.3, 0.4) is 0 Å². The van der Waals surface area contributed by atoms with Gasteiger partial charge in [0.05, 0.1) is 0 Å². The summed E-state index contributed by atoms with van der Waals surface area (Å²) in [5.74, 6) is -1.75. The third kappa shape index (κ3) is 1.97. The Kier molecular flexibility index (Phi) is 2.28. The number of nitrogens with two attached hydrogens (primary N) is 1. The van der Waals surface area contributed by atoms with Crippen LogP contribution in [0.5, 0.6) is 0 Å². The first-order valence-corrected chi connectivity index (χ1v) is 4.07. The molecule has 0 aliphatic carbocycles. The van der Waals surface area contributed by atoms with Gasteiger partial charge >= 0.3 is 0 Å². The second-order valence-electron chi connectivity index (χ2n) is 4.10. The molecule has 13 heavy (non-hydrogen) atoms. The van der Waals surface area contributed by atoms with E-state index in [1.54, 1.807) is 0 Å². The zero-order valence-electron chi connectivity index (χ0n) is 7.99. The van der Waals surface area contributed by atoms with Gasteiger partial charge in [-0.15, -0.1) is 0 Å². The predicted molar refractivity (Wildman–Crippen MR) is 49.5 cm³/mol. The van der Waals surface area contributed by atoms with Crippen molar-refractivity contribution in [3.63, 3.8) is 0 Å². The largest absolute Gasteiger partial charge is 0.398 e. The second kappa shape index (κ2) is 2.98. The lowest BCUT2D eigenvalue weighted by atomic mass is 9.86. The minimum Gasteiger partial charge on any atom is -0.398 e. The lowest BCUT2D eigenvalue weighted by Crippen LogP contribution is -2.14. The van der Waals surface area contributed by atoms with Gasteiger partial charge in [-0.05, 0) is 17.0 Å². The molecular formula is C10H13F2N. The lowest BCUT2D eigenvalue weighted by Gasteiger charge is -2.21. The Labute approximate surface area is 76.6 Å². The molecule has 0 saturated heterocycles. The Morgan fingerprint density at radius 2 is 1.54 bits per heavy atom. The number of hydrogen-bond donors (Lipinski definition) is 1. The Bertz CT molecular complexity index is 326. The van der Waals surface area contributed by atoms with Crippen molar-refractivity contribution in [2.24, 2.45) is 0 Å². The molecule has 0 saturated carbocycles. The summed E-state index contributed by atoms with van der Waals surface area (Å²) in [5, 5.41) is 0. The van der Waals surface area contributed by atoms with Crippen molar-refractivity contribution in [1.29, 1.82) is 0 Å². The van der Waals surface area contributed by atoms with Crippen molar-refractivity contribution in [2.45, 2.75) is 26.2 Å². The van der Waals surface area contributed by atoms with Crippen LogP contribution in [0.15, 0.2) is 12.1 Å². The molecule has 0 radical (unpaired) electrons. The van der Waals surface area contributed by atoms with Crippen LogP contribution < -0.4 is 5.73 Å². The van der Waals surface area contributed by atoms with Crippen LogP contribution in [-0.2, 0) is 5.41 Å². The van der Waals surface area contributed by atoms with E-state index in [9.17, 15) is 8.78 Å². The van der Waals surface area contributed by atoms with Crippen LogP contribution in [0.4, 0.5) is 14.5 Å². The van der Waals surface area contributed by atoms with Gasteiger partial charge in [-0.25, -0.2) is 8.78 Å². The van der Waals surface area contributed by atoms with Crippen molar-refractivity contribution in [3.8, 4) is 0 Å². The van der Waals surface area contributed by atoms with E-state index in [0.717, 1.165) is 12.1 Å². The van der Waals surface area contributed by atoms with E-state index in [4.69, 9.17) is 5.73 Å². The summed E-state index contributed by atoms with van der Waals surface area (Å²) in [6, 6.07) is 2.18. The maximum atomic E-state index is 12.9. The van der Waals surface area contributed by atoms with Gasteiger partial charge in [-0.1, -0.05) is 20.8 Å². The number of benzene rings is 1. The molecule has 1 nitrogen and oxygen atoms in total. The Balaban J connectivity index is 3.32. The molecule has 0 bridgehead atoms. The van der Waals surface area contributed by atoms with Crippen LogP contribution in [0.25, 0.3) is 0 Å². The quantitative estimate of drug-likeness (QED) is 0.618. The monoisotopic (exact) mass is 185 g/mol. The number of nitrogen functional groups attached to an aromatic ring is 1. The highest BCUT2D eigenvalue weighted by atomic mass is 19.2. The van der Waals surface area contributed by atoms with E-state index in [0.29, 0.717) is 11.3 Å². The highest BCUT2D eigenvalue weighted by Gasteiger charge is 2.19. The van der Waals surface area contributed by atoms with Crippen LogP contribution in [0.2, 0.25) is 0 Å². The molecular weight excluding hydrogens is 172 g/mol. The maximum absolute atomic E-state index is 12.9. The molecule has 0 aromatic heterocycles. The van der Waals surface area contributed by atoms with Gasteiger partial charge < -0.3 is 5.73 Å². The molecule has 0 unspecified atom stereocenters. The highest BCUT2D eigenvalue weighted by Crippen LogP contribution is 2.29. The number of hydrogen-bond acceptors (Lipinski definition) is 1. The topological polar surface area (TPSA) is 26.0 Å². The molecule has 0 aliphatic heterocycles. The summed E-state index contributed by atoms with van der Waals surface area (Å²) < 4.78 is 25.6. The van der Waals surface area contributed by atoms with Crippen LogP contribution >= 0.6 is 0 Å². The summed E-state index contributed by atoms with van der Waals surface area (Å²) in [7, 11) is 0. The van der Waals surface area contributed by atoms with Gasteiger partial charge in [0, 0.05) is 11.8 Å². The van der Waals surface area contributed by atoms with Crippen molar-refractivity contribution < 1.29 is 8.78 Å². The molecule has 72 valence electrons. The second-order valence-corrected chi connectivity index (χ2v) is 4.10. The number of anilines is 1. The van der Waals surface area contributed by atoms with E-state index < -0.39 is 11.6 Å². The molecule has 3 heteroatoms. The summed E-state index contributed by atoms with van der Waals surface area (Å²) in [4.78, 5) is 0. The van der Waals surface area contributed by atoms with E-state index >= 15 is 0 Å². The molecule has 1 rings (SSSR count). The van der Waals surface area contributed by atoms with Gasteiger partial charge in [0.15, 0.2) is 11.6 Å². The number of rotatable bonds is 0. The zero-order chi connectivity index (χ0) is 10.2. The normalized spacial score (nSPS) is 11.8. The molecule has 0 spiro atoms. The Hall–Kier alpha value is -1.12. The Morgan fingerprint density at radius 3 is 2.00 bits per heavy atom. The van der Waals surface area contributed by atoms with Crippen LogP contribution in [-0.4, -0.2) is 0 Å². The fraction of sp³-hybridized carbons (Fsp3) is 0.400. The van der Waals surface area contributed by atoms with Gasteiger partial charge in [-0.3, -0.25) is 0 Å². The first-order valence-electron chi connectivity index (χ1n) is 4.07.